The Bertz CT molecular complexity index is 947. The van der Waals surface area contributed by atoms with Gasteiger partial charge in [-0.05, 0) is 56.3 Å². The highest BCUT2D eigenvalue weighted by molar-refractivity contribution is 6.02. The van der Waals surface area contributed by atoms with Crippen molar-refractivity contribution in [3.05, 3.63) is 53.6 Å². The summed E-state index contributed by atoms with van der Waals surface area (Å²) in [7, 11) is 1.55. The molecule has 0 aliphatic heterocycles. The Hall–Kier alpha value is -3.22. The van der Waals surface area contributed by atoms with Crippen molar-refractivity contribution in [1.29, 1.82) is 0 Å². The van der Waals surface area contributed by atoms with Crippen LogP contribution in [-0.4, -0.2) is 40.0 Å². The van der Waals surface area contributed by atoms with Crippen LogP contribution in [0.4, 0.5) is 0 Å². The van der Waals surface area contributed by atoms with Crippen molar-refractivity contribution in [2.75, 3.05) is 7.11 Å². The van der Waals surface area contributed by atoms with E-state index in [2.05, 4.69) is 10.3 Å². The Kier molecular flexibility index (Phi) is 4.97. The second-order valence-corrected chi connectivity index (χ2v) is 5.75. The summed E-state index contributed by atoms with van der Waals surface area (Å²) >= 11 is 0. The molecule has 1 unspecified atom stereocenters. The summed E-state index contributed by atoms with van der Waals surface area (Å²) in [5.74, 6) is -0.203. The molecular formula is C19H19N3O4. The molecule has 0 saturated carbocycles. The molecule has 0 spiro atoms. The molecule has 0 saturated heterocycles. The number of esters is 1. The normalized spacial score (nSPS) is 12.0. The third-order valence-corrected chi connectivity index (χ3v) is 4.08. The average molecular weight is 353 g/mol. The van der Waals surface area contributed by atoms with Crippen LogP contribution in [0.5, 0.6) is 5.75 Å². The number of nitrogens with zero attached hydrogens (tertiary/aromatic N) is 3. The maximum absolute atomic E-state index is 12.4. The average Bonchev–Trinajstić information content (AvgIpc) is 3.09. The minimum Gasteiger partial charge on any atom is -0.497 e. The number of ketones is 1. The van der Waals surface area contributed by atoms with Crippen molar-refractivity contribution in [3.63, 3.8) is 0 Å². The van der Waals surface area contributed by atoms with E-state index in [1.165, 1.54) is 0 Å². The van der Waals surface area contributed by atoms with Gasteiger partial charge in [0.2, 0.25) is 5.78 Å². The number of methoxy groups -OCH3 is 1. The van der Waals surface area contributed by atoms with Gasteiger partial charge >= 0.3 is 5.97 Å². The van der Waals surface area contributed by atoms with Crippen LogP contribution < -0.4 is 4.74 Å². The molecule has 3 aromatic rings. The summed E-state index contributed by atoms with van der Waals surface area (Å²) in [6.45, 7) is 4.20. The molecule has 7 heteroatoms. The fraction of sp³-hybridized carbons (Fsp3) is 0.263. The molecule has 0 bridgehead atoms. The fourth-order valence-electron chi connectivity index (χ4n) is 2.60. The predicted octanol–water partition coefficient (Wildman–Crippen LogP) is 2.89. The van der Waals surface area contributed by atoms with Gasteiger partial charge in [0.1, 0.15) is 11.3 Å². The van der Waals surface area contributed by atoms with Crippen molar-refractivity contribution >= 4 is 22.8 Å². The van der Waals surface area contributed by atoms with Crippen molar-refractivity contribution in [1.82, 2.24) is 15.0 Å². The molecule has 0 aliphatic carbocycles. The van der Waals surface area contributed by atoms with Crippen LogP contribution in [0.15, 0.2) is 42.5 Å². The number of aryl methyl sites for hydroxylation is 1. The molecule has 3 rings (SSSR count). The number of fused-ring (bicyclic) bond motifs is 1. The second kappa shape index (κ2) is 7.35. The lowest BCUT2D eigenvalue weighted by Gasteiger charge is -2.12. The smallest absolute Gasteiger partial charge is 0.338 e. The van der Waals surface area contributed by atoms with Gasteiger partial charge < -0.3 is 9.47 Å². The van der Waals surface area contributed by atoms with Crippen LogP contribution in [0.3, 0.4) is 0 Å². The maximum Gasteiger partial charge on any atom is 0.338 e. The molecule has 7 nitrogen and oxygen atoms in total. The molecule has 26 heavy (non-hydrogen) atoms. The molecule has 0 N–H and O–H groups in total. The van der Waals surface area contributed by atoms with Gasteiger partial charge in [0, 0.05) is 12.1 Å². The number of rotatable bonds is 6. The fourth-order valence-corrected chi connectivity index (χ4v) is 2.60. The molecule has 0 fully saturated rings. The molecule has 0 aliphatic rings. The molecule has 1 heterocycles. The number of hydrogen-bond donors (Lipinski definition) is 0. The van der Waals surface area contributed by atoms with E-state index in [0.29, 0.717) is 28.9 Å². The van der Waals surface area contributed by atoms with Gasteiger partial charge in [-0.2, -0.15) is 0 Å². The van der Waals surface area contributed by atoms with Gasteiger partial charge in [0.25, 0.3) is 0 Å². The third kappa shape index (κ3) is 3.42. The summed E-state index contributed by atoms with van der Waals surface area (Å²) in [4.78, 5) is 24.8. The van der Waals surface area contributed by atoms with Gasteiger partial charge in [-0.1, -0.05) is 5.21 Å². The minimum absolute atomic E-state index is 0.279. The summed E-state index contributed by atoms with van der Waals surface area (Å²) in [5, 5.41) is 8.04. The quantitative estimate of drug-likeness (QED) is 0.500. The molecule has 2 aromatic carbocycles. The number of carbonyl (C=O) groups is 2. The highest BCUT2D eigenvalue weighted by atomic mass is 16.5. The van der Waals surface area contributed by atoms with E-state index in [0.717, 1.165) is 5.52 Å². The van der Waals surface area contributed by atoms with Gasteiger partial charge in [-0.15, -0.1) is 5.10 Å². The van der Waals surface area contributed by atoms with Crippen molar-refractivity contribution in [2.24, 2.45) is 0 Å². The first-order chi connectivity index (χ1) is 12.5. The molecule has 0 radical (unpaired) electrons. The topological polar surface area (TPSA) is 83.3 Å². The van der Waals surface area contributed by atoms with E-state index in [-0.39, 0.29) is 5.78 Å². The van der Waals surface area contributed by atoms with Crippen molar-refractivity contribution < 1.29 is 19.1 Å². The highest BCUT2D eigenvalue weighted by Crippen LogP contribution is 2.17. The third-order valence-electron chi connectivity index (χ3n) is 4.08. The first-order valence-electron chi connectivity index (χ1n) is 8.26. The standard InChI is InChI=1S/C19H19N3O4/c1-4-22-17-10-7-14(11-16(17)20-21-22)19(24)26-12(2)18(23)13-5-8-15(25-3)9-6-13/h5-12H,4H2,1-3H3. The number of Topliss-reactive ketones (excluding diaryl/α,β-unsaturated/α-hetero) is 1. The first kappa shape index (κ1) is 17.6. The van der Waals surface area contributed by atoms with E-state index in [9.17, 15) is 9.59 Å². The van der Waals surface area contributed by atoms with E-state index in [1.807, 2.05) is 6.92 Å². The van der Waals surface area contributed by atoms with Crippen molar-refractivity contribution in [3.8, 4) is 5.75 Å². The van der Waals surface area contributed by atoms with Crippen LogP contribution in [0.2, 0.25) is 0 Å². The second-order valence-electron chi connectivity index (χ2n) is 5.75. The van der Waals surface area contributed by atoms with Crippen LogP contribution in [0.25, 0.3) is 11.0 Å². The summed E-state index contributed by atoms with van der Waals surface area (Å²) in [5.41, 5.74) is 2.23. The Morgan fingerprint density at radius 2 is 1.81 bits per heavy atom. The number of carbonyl (C=O) groups excluding carboxylic acids is 2. The van der Waals surface area contributed by atoms with Gasteiger partial charge in [0.15, 0.2) is 6.10 Å². The zero-order chi connectivity index (χ0) is 18.7. The van der Waals surface area contributed by atoms with Crippen molar-refractivity contribution in [2.45, 2.75) is 26.5 Å². The Morgan fingerprint density at radius 3 is 2.46 bits per heavy atom. The van der Waals surface area contributed by atoms with E-state index < -0.39 is 12.1 Å². The van der Waals surface area contributed by atoms with Gasteiger partial charge in [-0.3, -0.25) is 4.79 Å². The number of aromatic nitrogens is 3. The van der Waals surface area contributed by atoms with E-state index >= 15 is 0 Å². The molecule has 1 atom stereocenters. The van der Waals surface area contributed by atoms with Crippen LogP contribution >= 0.6 is 0 Å². The largest absolute Gasteiger partial charge is 0.497 e. The van der Waals surface area contributed by atoms with Crippen LogP contribution in [-0.2, 0) is 11.3 Å². The Morgan fingerprint density at radius 1 is 1.12 bits per heavy atom. The molecule has 0 amide bonds. The van der Waals surface area contributed by atoms with E-state index in [1.54, 1.807) is 61.2 Å². The maximum atomic E-state index is 12.4. The minimum atomic E-state index is -0.905. The zero-order valence-electron chi connectivity index (χ0n) is 14.8. The lowest BCUT2D eigenvalue weighted by molar-refractivity contribution is 0.0319. The highest BCUT2D eigenvalue weighted by Gasteiger charge is 2.21. The summed E-state index contributed by atoms with van der Waals surface area (Å²) < 4.78 is 12.1. The lowest BCUT2D eigenvalue weighted by Crippen LogP contribution is -2.24. The Balaban J connectivity index is 1.72. The lowest BCUT2D eigenvalue weighted by atomic mass is 10.1. The Labute approximate surface area is 150 Å². The molecule has 1 aromatic heterocycles. The SMILES string of the molecule is CCn1nnc2cc(C(=O)OC(C)C(=O)c3ccc(OC)cc3)ccc21. The van der Waals surface area contributed by atoms with Crippen LogP contribution in [0, 0.1) is 0 Å². The first-order valence-corrected chi connectivity index (χ1v) is 8.26. The molecular weight excluding hydrogens is 334 g/mol. The summed E-state index contributed by atoms with van der Waals surface area (Å²) in [6, 6.07) is 11.7. The van der Waals surface area contributed by atoms with Gasteiger partial charge in [-0.25, -0.2) is 9.48 Å². The van der Waals surface area contributed by atoms with E-state index in [4.69, 9.17) is 9.47 Å². The number of ether oxygens (including phenoxy) is 2. The number of hydrogen-bond acceptors (Lipinski definition) is 6. The summed E-state index contributed by atoms with van der Waals surface area (Å²) in [6.07, 6.45) is -0.905. The molecule has 134 valence electrons. The van der Waals surface area contributed by atoms with Gasteiger partial charge in [0.05, 0.1) is 18.2 Å². The number of benzene rings is 2. The monoisotopic (exact) mass is 353 g/mol. The zero-order valence-corrected chi connectivity index (χ0v) is 14.8. The predicted molar refractivity (Wildman–Crippen MR) is 95.4 cm³/mol. The van der Waals surface area contributed by atoms with Crippen LogP contribution in [0.1, 0.15) is 34.6 Å².